The number of thioether (sulfide) groups is 1. The number of nitrogens with zero attached hydrogens (tertiary/aromatic N) is 2. The fourth-order valence-corrected chi connectivity index (χ4v) is 2.80. The van der Waals surface area contributed by atoms with Gasteiger partial charge in [0, 0.05) is 11.6 Å². The van der Waals surface area contributed by atoms with Crippen LogP contribution in [0.25, 0.3) is 11.5 Å². The lowest BCUT2D eigenvalue weighted by molar-refractivity contribution is 0.418. The molecule has 6 nitrogen and oxygen atoms in total. The topological polar surface area (TPSA) is 89.4 Å². The quantitative estimate of drug-likeness (QED) is 0.705. The van der Waals surface area contributed by atoms with Gasteiger partial charge in [-0.1, -0.05) is 44.7 Å². The van der Waals surface area contributed by atoms with Crippen molar-refractivity contribution in [1.82, 2.24) is 10.2 Å². The van der Waals surface area contributed by atoms with Gasteiger partial charge in [-0.2, -0.15) is 0 Å². The molecule has 2 aromatic heterocycles. The minimum Gasteiger partial charge on any atom is -0.502 e. The van der Waals surface area contributed by atoms with E-state index in [0.29, 0.717) is 22.6 Å². The maximum Gasteiger partial charge on any atom is 0.277 e. The van der Waals surface area contributed by atoms with Crippen molar-refractivity contribution in [3.05, 3.63) is 58.1 Å². The van der Waals surface area contributed by atoms with Crippen molar-refractivity contribution in [2.45, 2.75) is 37.2 Å². The molecule has 0 spiro atoms. The Labute approximate surface area is 148 Å². The largest absolute Gasteiger partial charge is 0.502 e. The van der Waals surface area contributed by atoms with Crippen LogP contribution in [0.3, 0.4) is 0 Å². The van der Waals surface area contributed by atoms with E-state index >= 15 is 0 Å². The van der Waals surface area contributed by atoms with Crippen LogP contribution in [0.2, 0.25) is 0 Å². The first kappa shape index (κ1) is 17.3. The molecule has 0 aliphatic carbocycles. The Morgan fingerprint density at radius 3 is 2.52 bits per heavy atom. The minimum absolute atomic E-state index is 0.0857. The summed E-state index contributed by atoms with van der Waals surface area (Å²) in [6, 6.07) is 9.27. The van der Waals surface area contributed by atoms with Crippen LogP contribution >= 0.6 is 11.8 Å². The SMILES string of the molecule is CC(C)(C)c1ccc(-c2nnc(SCc3cc(=O)c(O)co3)o2)cc1. The summed E-state index contributed by atoms with van der Waals surface area (Å²) in [6.07, 6.45) is 1.02. The number of hydrogen-bond acceptors (Lipinski definition) is 7. The van der Waals surface area contributed by atoms with Gasteiger partial charge in [0.25, 0.3) is 5.22 Å². The Kier molecular flexibility index (Phi) is 4.67. The smallest absolute Gasteiger partial charge is 0.277 e. The van der Waals surface area contributed by atoms with Gasteiger partial charge in [-0.25, -0.2) is 0 Å². The van der Waals surface area contributed by atoms with E-state index in [9.17, 15) is 9.90 Å². The molecule has 0 radical (unpaired) electrons. The van der Waals surface area contributed by atoms with Crippen LogP contribution in [0.5, 0.6) is 5.75 Å². The van der Waals surface area contributed by atoms with E-state index < -0.39 is 11.2 Å². The molecule has 0 saturated carbocycles. The molecule has 0 bridgehead atoms. The fraction of sp³-hybridized carbons (Fsp3) is 0.278. The molecule has 1 aromatic carbocycles. The maximum atomic E-state index is 11.4. The first-order valence-corrected chi connectivity index (χ1v) is 8.69. The van der Waals surface area contributed by atoms with Crippen LogP contribution in [-0.2, 0) is 11.2 Å². The molecule has 2 heterocycles. The minimum atomic E-state index is -0.480. The summed E-state index contributed by atoms with van der Waals surface area (Å²) in [7, 11) is 0. The summed E-state index contributed by atoms with van der Waals surface area (Å²) in [6.45, 7) is 6.47. The van der Waals surface area contributed by atoms with Crippen LogP contribution < -0.4 is 5.43 Å². The molecule has 0 aliphatic heterocycles. The Bertz CT molecular complexity index is 923. The van der Waals surface area contributed by atoms with Gasteiger partial charge in [0.2, 0.25) is 11.3 Å². The lowest BCUT2D eigenvalue weighted by atomic mass is 9.87. The highest BCUT2D eigenvalue weighted by atomic mass is 32.2. The zero-order valence-electron chi connectivity index (χ0n) is 14.1. The molecule has 25 heavy (non-hydrogen) atoms. The zero-order chi connectivity index (χ0) is 18.0. The second-order valence-electron chi connectivity index (χ2n) is 6.58. The molecular weight excluding hydrogens is 340 g/mol. The number of aromatic hydroxyl groups is 1. The van der Waals surface area contributed by atoms with E-state index in [4.69, 9.17) is 8.83 Å². The highest BCUT2D eigenvalue weighted by Gasteiger charge is 2.15. The van der Waals surface area contributed by atoms with Gasteiger partial charge in [-0.15, -0.1) is 10.2 Å². The van der Waals surface area contributed by atoms with Crippen LogP contribution in [0.4, 0.5) is 0 Å². The molecule has 7 heteroatoms. The van der Waals surface area contributed by atoms with E-state index in [0.717, 1.165) is 11.8 Å². The molecule has 0 atom stereocenters. The summed E-state index contributed by atoms with van der Waals surface area (Å²) in [5, 5.41) is 17.6. The number of hydrogen-bond donors (Lipinski definition) is 1. The van der Waals surface area contributed by atoms with Gasteiger partial charge in [0.05, 0.1) is 5.75 Å². The average Bonchev–Trinajstić information content (AvgIpc) is 3.04. The molecule has 0 saturated heterocycles. The van der Waals surface area contributed by atoms with Crippen molar-refractivity contribution < 1.29 is 13.9 Å². The third-order valence-corrected chi connectivity index (χ3v) is 4.45. The van der Waals surface area contributed by atoms with E-state index in [1.54, 1.807) is 0 Å². The molecule has 3 rings (SSSR count). The van der Waals surface area contributed by atoms with Crippen molar-refractivity contribution in [3.63, 3.8) is 0 Å². The molecule has 0 aliphatic rings. The Balaban J connectivity index is 1.69. The van der Waals surface area contributed by atoms with Gasteiger partial charge in [-0.3, -0.25) is 4.79 Å². The lowest BCUT2D eigenvalue weighted by Crippen LogP contribution is -2.10. The molecule has 3 aromatic rings. The van der Waals surface area contributed by atoms with Gasteiger partial charge in [-0.05, 0) is 23.1 Å². The predicted molar refractivity (Wildman–Crippen MR) is 94.6 cm³/mol. The van der Waals surface area contributed by atoms with Gasteiger partial charge < -0.3 is 13.9 Å². The molecule has 0 fully saturated rings. The van der Waals surface area contributed by atoms with Gasteiger partial charge in [0.1, 0.15) is 12.0 Å². The number of aromatic nitrogens is 2. The molecule has 1 N–H and O–H groups in total. The third kappa shape index (κ3) is 4.11. The average molecular weight is 358 g/mol. The fourth-order valence-electron chi connectivity index (χ4n) is 2.15. The van der Waals surface area contributed by atoms with Crippen molar-refractivity contribution in [1.29, 1.82) is 0 Å². The molecular formula is C18H18N2O4S. The Hall–Kier alpha value is -2.54. The summed E-state index contributed by atoms with van der Waals surface area (Å²) in [5.41, 5.74) is 1.69. The Morgan fingerprint density at radius 2 is 1.88 bits per heavy atom. The van der Waals surface area contributed by atoms with Crippen molar-refractivity contribution in [2.75, 3.05) is 0 Å². The summed E-state index contributed by atoms with van der Waals surface area (Å²) in [4.78, 5) is 11.4. The van der Waals surface area contributed by atoms with Crippen molar-refractivity contribution in [3.8, 4) is 17.2 Å². The lowest BCUT2D eigenvalue weighted by Gasteiger charge is -2.18. The molecule has 0 unspecified atom stereocenters. The summed E-state index contributed by atoms with van der Waals surface area (Å²) < 4.78 is 10.8. The van der Waals surface area contributed by atoms with Gasteiger partial charge in [0.15, 0.2) is 5.75 Å². The van der Waals surface area contributed by atoms with Crippen LogP contribution in [0.15, 0.2) is 55.4 Å². The van der Waals surface area contributed by atoms with Crippen LogP contribution in [0, 0.1) is 0 Å². The third-order valence-electron chi connectivity index (χ3n) is 3.61. The van der Waals surface area contributed by atoms with E-state index in [2.05, 4.69) is 43.1 Å². The zero-order valence-corrected chi connectivity index (χ0v) is 15.0. The monoisotopic (exact) mass is 358 g/mol. The molecule has 0 amide bonds. The number of rotatable bonds is 4. The Morgan fingerprint density at radius 1 is 1.16 bits per heavy atom. The number of benzene rings is 1. The van der Waals surface area contributed by atoms with Crippen LogP contribution in [-0.4, -0.2) is 15.3 Å². The summed E-state index contributed by atoms with van der Waals surface area (Å²) in [5.74, 6) is 0.796. The van der Waals surface area contributed by atoms with E-state index in [1.165, 1.54) is 23.4 Å². The predicted octanol–water partition coefficient (Wildman–Crippen LogP) is 3.99. The van der Waals surface area contributed by atoms with E-state index in [-0.39, 0.29) is 5.41 Å². The normalized spacial score (nSPS) is 11.6. The first-order valence-electron chi connectivity index (χ1n) is 7.71. The first-order chi connectivity index (χ1) is 11.8. The van der Waals surface area contributed by atoms with Crippen molar-refractivity contribution in [2.24, 2.45) is 0 Å². The highest BCUT2D eigenvalue weighted by molar-refractivity contribution is 7.98. The maximum absolute atomic E-state index is 11.4. The highest BCUT2D eigenvalue weighted by Crippen LogP contribution is 2.28. The second kappa shape index (κ2) is 6.76. The second-order valence-corrected chi connectivity index (χ2v) is 7.51. The van der Waals surface area contributed by atoms with Crippen molar-refractivity contribution >= 4 is 11.8 Å². The van der Waals surface area contributed by atoms with Crippen LogP contribution in [0.1, 0.15) is 32.1 Å². The van der Waals surface area contributed by atoms with E-state index in [1.807, 2.05) is 12.1 Å². The standard InChI is InChI=1S/C18H18N2O4S/c1-18(2,3)12-6-4-11(5-7-12)16-19-20-17(24-16)25-10-13-8-14(21)15(22)9-23-13/h4-9,22H,10H2,1-3H3. The van der Waals surface area contributed by atoms with Gasteiger partial charge >= 0.3 is 0 Å². The molecule has 130 valence electrons. The summed E-state index contributed by atoms with van der Waals surface area (Å²) >= 11 is 1.26.